The molecule has 11 heteroatoms. The van der Waals surface area contributed by atoms with E-state index in [4.69, 9.17) is 23.2 Å². The number of halogens is 2. The molecule has 1 fully saturated rings. The van der Waals surface area contributed by atoms with Gasteiger partial charge in [0.15, 0.2) is 0 Å². The summed E-state index contributed by atoms with van der Waals surface area (Å²) in [5.74, 6) is -0.798. The van der Waals surface area contributed by atoms with Gasteiger partial charge in [0.05, 0.1) is 15.7 Å². The third-order valence-corrected chi connectivity index (χ3v) is 10.5. The minimum atomic E-state index is -4.09. The fourth-order valence-electron chi connectivity index (χ4n) is 5.45. The Bertz CT molecular complexity index is 1580. The first-order valence-electron chi connectivity index (χ1n) is 14.7. The molecule has 0 saturated heterocycles. The van der Waals surface area contributed by atoms with Crippen LogP contribution in [0.3, 0.4) is 0 Å². The van der Waals surface area contributed by atoms with Gasteiger partial charge in [-0.3, -0.25) is 9.59 Å². The van der Waals surface area contributed by atoms with E-state index >= 15 is 0 Å². The maximum absolute atomic E-state index is 14.5. The van der Waals surface area contributed by atoms with E-state index in [1.807, 2.05) is 49.4 Å². The third kappa shape index (κ3) is 8.33. The van der Waals surface area contributed by atoms with Gasteiger partial charge in [-0.1, -0.05) is 84.6 Å². The van der Waals surface area contributed by atoms with E-state index in [0.29, 0.717) is 26.9 Å². The molecule has 1 aliphatic rings. The standard InChI is InChI=1S/C33H40Cl2N4O4S/c1-23-14-15-24(2)30(18-23)39(44(42,43)37(3)4)22-32(40)38(21-26-16-17-28(34)29(35)19-26)31(20-25-10-6-5-7-11-25)33(41)36-27-12-8-9-13-27/h5-7,10-11,14-19,27,31H,8-9,12-13,20-22H2,1-4H3,(H,36,41)/t31-/m0/s1. The number of nitrogens with one attached hydrogen (secondary N) is 1. The van der Waals surface area contributed by atoms with Crippen LogP contribution in [0, 0.1) is 13.8 Å². The zero-order valence-electron chi connectivity index (χ0n) is 25.6. The topological polar surface area (TPSA) is 90.0 Å². The molecule has 1 N–H and O–H groups in total. The van der Waals surface area contributed by atoms with Gasteiger partial charge in [-0.2, -0.15) is 12.7 Å². The first-order valence-corrected chi connectivity index (χ1v) is 16.9. The SMILES string of the molecule is Cc1ccc(C)c(N(CC(=O)N(Cc2ccc(Cl)c(Cl)c2)[C@@H](Cc2ccccc2)C(=O)NC2CCCC2)S(=O)(=O)N(C)C)c1. The van der Waals surface area contributed by atoms with Crippen LogP contribution in [0.25, 0.3) is 0 Å². The van der Waals surface area contributed by atoms with Crippen molar-refractivity contribution in [1.82, 2.24) is 14.5 Å². The van der Waals surface area contributed by atoms with E-state index in [1.165, 1.54) is 19.0 Å². The predicted octanol–water partition coefficient (Wildman–Crippen LogP) is 5.92. The fourth-order valence-corrected chi connectivity index (χ4v) is 6.88. The number of benzene rings is 3. The van der Waals surface area contributed by atoms with Crippen molar-refractivity contribution in [2.45, 2.75) is 64.6 Å². The first kappa shape index (κ1) is 33.8. The number of hydrogen-bond donors (Lipinski definition) is 1. The molecule has 1 atom stereocenters. The average Bonchev–Trinajstić information content (AvgIpc) is 3.50. The normalized spacial score (nSPS) is 14.4. The predicted molar refractivity (Wildman–Crippen MR) is 177 cm³/mol. The van der Waals surface area contributed by atoms with Crippen molar-refractivity contribution in [3.8, 4) is 0 Å². The Hall–Kier alpha value is -3.11. The van der Waals surface area contributed by atoms with E-state index < -0.39 is 28.7 Å². The van der Waals surface area contributed by atoms with Crippen molar-refractivity contribution in [2.24, 2.45) is 0 Å². The van der Waals surface area contributed by atoms with Crippen molar-refractivity contribution in [3.05, 3.63) is 99.0 Å². The van der Waals surface area contributed by atoms with E-state index in [0.717, 1.165) is 45.4 Å². The Morgan fingerprint density at radius 2 is 1.59 bits per heavy atom. The van der Waals surface area contributed by atoms with Gasteiger partial charge >= 0.3 is 10.2 Å². The maximum atomic E-state index is 14.5. The number of amides is 2. The van der Waals surface area contributed by atoms with Crippen molar-refractivity contribution in [1.29, 1.82) is 0 Å². The molecule has 8 nitrogen and oxygen atoms in total. The average molecular weight is 660 g/mol. The van der Waals surface area contributed by atoms with Crippen LogP contribution in [-0.4, -0.2) is 62.2 Å². The third-order valence-electron chi connectivity index (χ3n) is 7.96. The minimum Gasteiger partial charge on any atom is -0.352 e. The molecular formula is C33H40Cl2N4O4S. The Morgan fingerprint density at radius 1 is 0.909 bits per heavy atom. The smallest absolute Gasteiger partial charge is 0.304 e. The lowest BCUT2D eigenvalue weighted by atomic mass is 10.0. The van der Waals surface area contributed by atoms with Gasteiger partial charge < -0.3 is 10.2 Å². The van der Waals surface area contributed by atoms with Crippen molar-refractivity contribution in [2.75, 3.05) is 24.9 Å². The Balaban J connectivity index is 1.79. The van der Waals surface area contributed by atoms with E-state index in [1.54, 1.807) is 31.2 Å². The summed E-state index contributed by atoms with van der Waals surface area (Å²) in [6, 6.07) is 19.1. The highest BCUT2D eigenvalue weighted by atomic mass is 35.5. The van der Waals surface area contributed by atoms with Gasteiger partial charge in [0.1, 0.15) is 12.6 Å². The highest BCUT2D eigenvalue weighted by Gasteiger charge is 2.36. The summed E-state index contributed by atoms with van der Waals surface area (Å²) in [6.07, 6.45) is 4.08. The Labute approximate surface area is 271 Å². The molecule has 236 valence electrons. The maximum Gasteiger partial charge on any atom is 0.304 e. The molecule has 0 heterocycles. The lowest BCUT2D eigenvalue weighted by molar-refractivity contribution is -0.140. The number of carbonyl (C=O) groups excluding carboxylic acids is 2. The number of nitrogens with zero attached hydrogens (tertiary/aromatic N) is 3. The molecule has 2 amide bonds. The van der Waals surface area contributed by atoms with Gasteiger partial charge in [-0.15, -0.1) is 0 Å². The second-order valence-electron chi connectivity index (χ2n) is 11.6. The van der Waals surface area contributed by atoms with Crippen molar-refractivity contribution in [3.63, 3.8) is 0 Å². The molecule has 3 aromatic rings. The van der Waals surface area contributed by atoms with Gasteiger partial charge in [0, 0.05) is 33.1 Å². The van der Waals surface area contributed by atoms with E-state index in [2.05, 4.69) is 5.32 Å². The summed E-state index contributed by atoms with van der Waals surface area (Å²) >= 11 is 12.5. The molecule has 1 aliphatic carbocycles. The molecule has 0 unspecified atom stereocenters. The van der Waals surface area contributed by atoms with Gasteiger partial charge in [0.25, 0.3) is 0 Å². The molecule has 0 aliphatic heterocycles. The number of rotatable bonds is 12. The molecule has 3 aromatic carbocycles. The Kier molecular flexibility index (Phi) is 11.3. The van der Waals surface area contributed by atoms with Crippen molar-refractivity contribution >= 4 is 50.9 Å². The number of aryl methyl sites for hydroxylation is 2. The van der Waals surface area contributed by atoms with Crippen LogP contribution in [0.2, 0.25) is 10.0 Å². The molecule has 44 heavy (non-hydrogen) atoms. The molecule has 0 bridgehead atoms. The fraction of sp³-hybridized carbons (Fsp3) is 0.394. The summed E-state index contributed by atoms with van der Waals surface area (Å²) in [5.41, 5.74) is 3.48. The lowest BCUT2D eigenvalue weighted by Gasteiger charge is -2.35. The zero-order valence-corrected chi connectivity index (χ0v) is 27.9. The number of hydrogen-bond acceptors (Lipinski definition) is 4. The van der Waals surface area contributed by atoms with Crippen LogP contribution in [-0.2, 0) is 32.8 Å². The zero-order chi connectivity index (χ0) is 32.0. The van der Waals surface area contributed by atoms with Crippen LogP contribution in [0.15, 0.2) is 66.7 Å². The number of carbonyl (C=O) groups is 2. The van der Waals surface area contributed by atoms with E-state index in [-0.39, 0.29) is 24.9 Å². The second-order valence-corrected chi connectivity index (χ2v) is 14.4. The van der Waals surface area contributed by atoms with Gasteiger partial charge in [0.2, 0.25) is 11.8 Å². The number of anilines is 1. The molecule has 0 aromatic heterocycles. The summed E-state index contributed by atoms with van der Waals surface area (Å²) in [4.78, 5) is 30.0. The van der Waals surface area contributed by atoms with Crippen LogP contribution in [0.5, 0.6) is 0 Å². The van der Waals surface area contributed by atoms with Crippen LogP contribution in [0.1, 0.15) is 47.9 Å². The highest BCUT2D eigenvalue weighted by Crippen LogP contribution is 2.28. The Morgan fingerprint density at radius 3 is 2.23 bits per heavy atom. The minimum absolute atomic E-state index is 0.0218. The van der Waals surface area contributed by atoms with E-state index in [9.17, 15) is 18.0 Å². The highest BCUT2D eigenvalue weighted by molar-refractivity contribution is 7.90. The van der Waals surface area contributed by atoms with Crippen LogP contribution in [0.4, 0.5) is 5.69 Å². The molecular weight excluding hydrogens is 619 g/mol. The lowest BCUT2D eigenvalue weighted by Crippen LogP contribution is -2.55. The van der Waals surface area contributed by atoms with Crippen LogP contribution >= 0.6 is 23.2 Å². The van der Waals surface area contributed by atoms with Crippen LogP contribution < -0.4 is 9.62 Å². The second kappa shape index (κ2) is 14.8. The molecule has 4 rings (SSSR count). The molecule has 0 spiro atoms. The summed E-state index contributed by atoms with van der Waals surface area (Å²) in [7, 11) is -1.23. The summed E-state index contributed by atoms with van der Waals surface area (Å²) in [5, 5.41) is 3.86. The largest absolute Gasteiger partial charge is 0.352 e. The summed E-state index contributed by atoms with van der Waals surface area (Å²) < 4.78 is 29.6. The van der Waals surface area contributed by atoms with Crippen molar-refractivity contribution < 1.29 is 18.0 Å². The molecule has 1 saturated carbocycles. The monoisotopic (exact) mass is 658 g/mol. The first-order chi connectivity index (χ1) is 20.9. The van der Waals surface area contributed by atoms with Gasteiger partial charge in [-0.05, 0) is 67.1 Å². The van der Waals surface area contributed by atoms with Gasteiger partial charge in [-0.25, -0.2) is 4.31 Å². The molecule has 0 radical (unpaired) electrons. The summed E-state index contributed by atoms with van der Waals surface area (Å²) in [6.45, 7) is 3.19. The quantitative estimate of drug-likeness (QED) is 0.262.